The maximum atomic E-state index is 6.59. The highest BCUT2D eigenvalue weighted by molar-refractivity contribution is 7.29. The average Bonchev–Trinajstić information content (AvgIpc) is 4.16. The normalized spacial score (nSPS) is 12.1. The first-order valence-corrected chi connectivity index (χ1v) is 24.5. The second kappa shape index (κ2) is 14.5. The van der Waals surface area contributed by atoms with Crippen LogP contribution in [0.3, 0.4) is 0 Å². The van der Waals surface area contributed by atoms with Gasteiger partial charge in [-0.3, -0.25) is 0 Å². The van der Waals surface area contributed by atoms with Gasteiger partial charge in [0.15, 0.2) is 11.2 Å². The first kappa shape index (κ1) is 37.8. The summed E-state index contributed by atoms with van der Waals surface area (Å²) < 4.78 is 18.4. The van der Waals surface area contributed by atoms with Crippen LogP contribution in [0.5, 0.6) is 0 Å². The fourth-order valence-electron chi connectivity index (χ4n) is 10.7. The summed E-state index contributed by atoms with van der Waals surface area (Å²) in [7, 11) is 0. The van der Waals surface area contributed by atoms with Crippen LogP contribution in [0.1, 0.15) is 0 Å². The van der Waals surface area contributed by atoms with E-state index in [2.05, 4.69) is 216 Å². The third-order valence-corrected chi connectivity index (χ3v) is 16.1. The van der Waals surface area contributed by atoms with Crippen molar-refractivity contribution < 1.29 is 8.83 Å². The van der Waals surface area contributed by atoms with E-state index in [1.165, 1.54) is 61.9 Å². The number of para-hydroxylation sites is 6. The summed E-state index contributed by atoms with van der Waals surface area (Å²) in [6.45, 7) is 0. The summed E-state index contributed by atoms with van der Waals surface area (Å²) in [5.74, 6) is 0. The van der Waals surface area contributed by atoms with E-state index in [-0.39, 0.29) is 0 Å². The van der Waals surface area contributed by atoms with Crippen molar-refractivity contribution in [1.29, 1.82) is 0 Å². The number of hydrogen-bond donors (Lipinski definition) is 0. The summed E-state index contributed by atoms with van der Waals surface area (Å²) in [6, 6.07) is 78.7. The van der Waals surface area contributed by atoms with Gasteiger partial charge in [-0.25, -0.2) is 0 Å². The number of fused-ring (bicyclic) bond motifs is 15. The lowest BCUT2D eigenvalue weighted by molar-refractivity contribution is 0.668. The maximum Gasteiger partial charge on any atom is 0.159 e. The van der Waals surface area contributed by atoms with Crippen LogP contribution < -0.4 is 9.80 Å². The number of hydrogen-bond acceptors (Lipinski definition) is 6. The number of thiophene rings is 2. The number of furan rings is 2. The smallest absolute Gasteiger partial charge is 0.159 e. The molecule has 0 radical (unpaired) electrons. The van der Waals surface area contributed by atoms with Gasteiger partial charge in [0, 0.05) is 84.6 Å². The molecule has 4 nitrogen and oxygen atoms in total. The molecule has 0 fully saturated rings. The number of anilines is 6. The summed E-state index contributed by atoms with van der Waals surface area (Å²) in [6.07, 6.45) is 0. The van der Waals surface area contributed by atoms with Gasteiger partial charge in [0.1, 0.15) is 11.2 Å². The summed E-state index contributed by atoms with van der Waals surface area (Å²) in [5, 5.41) is 14.6. The molecule has 15 rings (SSSR count). The van der Waals surface area contributed by atoms with E-state index >= 15 is 0 Å². The lowest BCUT2D eigenvalue weighted by Crippen LogP contribution is -2.10. The van der Waals surface area contributed by atoms with Crippen LogP contribution in [0.4, 0.5) is 34.1 Å². The molecule has 0 aliphatic carbocycles. The van der Waals surface area contributed by atoms with Crippen LogP contribution in [-0.4, -0.2) is 0 Å². The van der Waals surface area contributed by atoms with Crippen molar-refractivity contribution in [3.05, 3.63) is 218 Å². The average molecular weight is 905 g/mol. The Labute approximate surface area is 397 Å². The second-order valence-corrected chi connectivity index (χ2v) is 19.8. The van der Waals surface area contributed by atoms with Crippen LogP contribution in [0.2, 0.25) is 0 Å². The van der Waals surface area contributed by atoms with Gasteiger partial charge in [0.05, 0.1) is 11.4 Å². The molecule has 0 unspecified atom stereocenters. The molecule has 0 saturated heterocycles. The minimum absolute atomic E-state index is 0.879. The molecule has 4 aromatic heterocycles. The Morgan fingerprint density at radius 1 is 0.294 bits per heavy atom. The first-order valence-electron chi connectivity index (χ1n) is 22.9. The van der Waals surface area contributed by atoms with Crippen molar-refractivity contribution in [2.75, 3.05) is 9.80 Å². The first-order chi connectivity index (χ1) is 33.7. The molecule has 0 spiro atoms. The van der Waals surface area contributed by atoms with Gasteiger partial charge < -0.3 is 18.6 Å². The Hall–Kier alpha value is -8.42. The fraction of sp³-hybridized carbons (Fsp3) is 0. The number of benzene rings is 11. The van der Waals surface area contributed by atoms with Gasteiger partial charge in [0.25, 0.3) is 0 Å². The summed E-state index contributed by atoms with van der Waals surface area (Å²) in [4.78, 5) is 4.65. The van der Waals surface area contributed by atoms with E-state index in [1.54, 1.807) is 0 Å². The van der Waals surface area contributed by atoms with Crippen molar-refractivity contribution in [1.82, 2.24) is 0 Å². The van der Waals surface area contributed by atoms with Gasteiger partial charge in [-0.2, -0.15) is 0 Å². The van der Waals surface area contributed by atoms with Crippen molar-refractivity contribution in [3.8, 4) is 0 Å². The Bertz CT molecular complexity index is 4520. The van der Waals surface area contributed by atoms with E-state index in [1.807, 2.05) is 34.8 Å². The Morgan fingerprint density at radius 3 is 1.37 bits per heavy atom. The molecule has 0 atom stereocenters. The second-order valence-electron chi connectivity index (χ2n) is 17.6. The molecule has 318 valence electrons. The summed E-state index contributed by atoms with van der Waals surface area (Å²) >= 11 is 3.79. The van der Waals surface area contributed by atoms with Crippen molar-refractivity contribution in [2.45, 2.75) is 0 Å². The van der Waals surface area contributed by atoms with E-state index in [0.717, 1.165) is 78.0 Å². The molecule has 0 N–H and O–H groups in total. The standard InChI is InChI=1S/C62H36N2O2S2/c1-3-13-41(14-4-1)63(52-21-11-19-47-45-17-7-9-23-54(45)65-60(47)52)43-27-25-37-33-50-49-29-30-56-59(62(49)68-57(50)35-39(37)31-43)51-34-38-26-28-44(32-40(38)36-58(51)67-56)64(42-15-5-2-6-16-42)53-22-12-20-48-46-18-8-10-24-55(46)66-61(48)53/h1-36H. The lowest BCUT2D eigenvalue weighted by atomic mass is 10.0. The molecular formula is C62H36N2O2S2. The molecule has 4 heterocycles. The van der Waals surface area contributed by atoms with Crippen LogP contribution in [0.15, 0.2) is 227 Å². The van der Waals surface area contributed by atoms with Crippen molar-refractivity contribution in [2.24, 2.45) is 0 Å². The molecule has 0 saturated carbocycles. The Balaban J connectivity index is 0.862. The van der Waals surface area contributed by atoms with Crippen LogP contribution in [-0.2, 0) is 0 Å². The van der Waals surface area contributed by atoms with E-state index in [4.69, 9.17) is 8.83 Å². The fourth-order valence-corrected chi connectivity index (χ4v) is 13.2. The monoisotopic (exact) mass is 904 g/mol. The molecule has 68 heavy (non-hydrogen) atoms. The Morgan fingerprint density at radius 2 is 0.794 bits per heavy atom. The van der Waals surface area contributed by atoms with E-state index in [0.29, 0.717) is 0 Å². The highest BCUT2D eigenvalue weighted by atomic mass is 32.1. The van der Waals surface area contributed by atoms with Gasteiger partial charge in [-0.1, -0.05) is 115 Å². The van der Waals surface area contributed by atoms with Crippen LogP contribution in [0.25, 0.3) is 106 Å². The highest BCUT2D eigenvalue weighted by Gasteiger charge is 2.22. The van der Waals surface area contributed by atoms with Crippen molar-refractivity contribution >= 4 is 163 Å². The quantitative estimate of drug-likeness (QED) is 0.166. The predicted octanol–water partition coefficient (Wildman–Crippen LogP) is 19.5. The maximum absolute atomic E-state index is 6.59. The molecule has 0 aliphatic rings. The minimum atomic E-state index is 0.879. The predicted molar refractivity (Wildman–Crippen MR) is 291 cm³/mol. The minimum Gasteiger partial charge on any atom is -0.454 e. The topological polar surface area (TPSA) is 32.8 Å². The Kier molecular flexibility index (Phi) is 8.07. The SMILES string of the molecule is c1ccc(N(c2ccc3cc4c(cc3c2)sc2c4ccc3sc4cc5cc(N(c6ccccc6)c6cccc7c6oc6ccccc67)ccc5cc4c32)c2cccc3c2oc2ccccc23)cc1. The zero-order chi connectivity index (χ0) is 44.5. The molecule has 0 bridgehead atoms. The van der Waals surface area contributed by atoms with Crippen LogP contribution in [0, 0.1) is 0 Å². The molecule has 0 amide bonds. The lowest BCUT2D eigenvalue weighted by Gasteiger charge is -2.25. The molecule has 15 aromatic rings. The summed E-state index contributed by atoms with van der Waals surface area (Å²) in [5.41, 5.74) is 9.88. The zero-order valence-corrected chi connectivity index (χ0v) is 37.9. The molecule has 6 heteroatoms. The van der Waals surface area contributed by atoms with Gasteiger partial charge in [-0.15, -0.1) is 22.7 Å². The molecule has 11 aromatic carbocycles. The number of nitrogens with zero attached hydrogens (tertiary/aromatic N) is 2. The third kappa shape index (κ3) is 5.65. The third-order valence-electron chi connectivity index (χ3n) is 13.7. The van der Waals surface area contributed by atoms with E-state index < -0.39 is 0 Å². The van der Waals surface area contributed by atoms with Crippen LogP contribution >= 0.6 is 22.7 Å². The largest absolute Gasteiger partial charge is 0.454 e. The van der Waals surface area contributed by atoms with Gasteiger partial charge in [0.2, 0.25) is 0 Å². The van der Waals surface area contributed by atoms with E-state index in [9.17, 15) is 0 Å². The van der Waals surface area contributed by atoms with Gasteiger partial charge in [-0.05, 0) is 125 Å². The highest BCUT2D eigenvalue weighted by Crippen LogP contribution is 2.49. The molecule has 0 aliphatic heterocycles. The zero-order valence-electron chi connectivity index (χ0n) is 36.3. The van der Waals surface area contributed by atoms with Gasteiger partial charge >= 0.3 is 0 Å². The molecular weight excluding hydrogens is 869 g/mol. The number of rotatable bonds is 6. The van der Waals surface area contributed by atoms with Crippen molar-refractivity contribution in [3.63, 3.8) is 0 Å².